The Morgan fingerprint density at radius 3 is 2.67 bits per heavy atom. The quantitative estimate of drug-likeness (QED) is 0.654. The van der Waals surface area contributed by atoms with Gasteiger partial charge in [0.15, 0.2) is 0 Å². The van der Waals surface area contributed by atoms with Crippen LogP contribution in [0.2, 0.25) is 0 Å². The Labute approximate surface area is 93.6 Å². The molecule has 1 aromatic rings. The minimum absolute atomic E-state index is 0.144. The highest BCUT2D eigenvalue weighted by Crippen LogP contribution is 2.21. The lowest BCUT2D eigenvalue weighted by Gasteiger charge is -2.07. The Hall–Kier alpha value is -0.780. The van der Waals surface area contributed by atoms with Crippen LogP contribution in [0.15, 0.2) is 23.1 Å². The molecule has 0 radical (unpaired) electrons. The zero-order chi connectivity index (χ0) is 11.5. The van der Waals surface area contributed by atoms with Gasteiger partial charge in [-0.1, -0.05) is 6.07 Å². The summed E-state index contributed by atoms with van der Waals surface area (Å²) < 4.78 is 36.0. The van der Waals surface area contributed by atoms with E-state index in [9.17, 15) is 8.42 Å². The molecule has 84 valence electrons. The van der Waals surface area contributed by atoms with E-state index < -0.39 is 10.1 Å². The van der Waals surface area contributed by atoms with Gasteiger partial charge in [-0.05, 0) is 18.6 Å². The van der Waals surface area contributed by atoms with Crippen LogP contribution in [0, 0.1) is 6.92 Å². The van der Waals surface area contributed by atoms with Gasteiger partial charge >= 0.3 is 0 Å². The molecule has 0 fully saturated rings. The lowest BCUT2D eigenvalue weighted by atomic mass is 10.2. The summed E-state index contributed by atoms with van der Waals surface area (Å²) in [7, 11) is -4.19. The third kappa shape index (κ3) is 3.37. The van der Waals surface area contributed by atoms with Gasteiger partial charge in [-0.15, -0.1) is 11.6 Å². The van der Waals surface area contributed by atoms with E-state index in [2.05, 4.69) is 0 Å². The number of hydrogen-bond acceptors (Lipinski definition) is 3. The van der Waals surface area contributed by atoms with Crippen molar-refractivity contribution in [3.8, 4) is 5.75 Å². The third-order valence-electron chi connectivity index (χ3n) is 1.78. The van der Waals surface area contributed by atoms with E-state index in [1.807, 2.05) is 0 Å². The molecule has 0 unspecified atom stereocenters. The molecule has 0 amide bonds. The maximum Gasteiger partial charge on any atom is 0.294 e. The van der Waals surface area contributed by atoms with Gasteiger partial charge in [0.1, 0.15) is 17.3 Å². The van der Waals surface area contributed by atoms with Crippen LogP contribution >= 0.6 is 11.6 Å². The summed E-state index contributed by atoms with van der Waals surface area (Å²) in [4.78, 5) is -0.144. The van der Waals surface area contributed by atoms with E-state index in [0.29, 0.717) is 17.2 Å². The van der Waals surface area contributed by atoms with Gasteiger partial charge < -0.3 is 4.74 Å². The van der Waals surface area contributed by atoms with Gasteiger partial charge in [-0.25, -0.2) is 0 Å². The number of rotatable bonds is 4. The highest BCUT2D eigenvalue weighted by Gasteiger charge is 2.13. The standard InChI is InChI=1S/C9H11ClO4S/c1-7-2-3-8(14-5-4-10)6-9(7)15(11,12)13/h2-3,6H,4-5H2,1H3,(H,11,12,13). The Bertz CT molecular complexity index is 441. The molecule has 1 rings (SSSR count). The molecule has 1 aromatic carbocycles. The molecular weight excluding hydrogens is 240 g/mol. The highest BCUT2D eigenvalue weighted by atomic mass is 35.5. The van der Waals surface area contributed by atoms with Gasteiger partial charge in [0.05, 0.1) is 5.88 Å². The minimum atomic E-state index is -4.19. The molecule has 0 aromatic heterocycles. The molecule has 0 aliphatic rings. The van der Waals surface area contributed by atoms with Crippen LogP contribution in [-0.2, 0) is 10.1 Å². The molecule has 0 aliphatic carbocycles. The van der Waals surface area contributed by atoms with Crippen LogP contribution in [0.3, 0.4) is 0 Å². The first-order chi connectivity index (χ1) is 6.95. The van der Waals surface area contributed by atoms with E-state index in [1.54, 1.807) is 19.1 Å². The van der Waals surface area contributed by atoms with Gasteiger partial charge in [-0.2, -0.15) is 8.42 Å². The number of ether oxygens (including phenoxy) is 1. The summed E-state index contributed by atoms with van der Waals surface area (Å²) in [6.07, 6.45) is 0. The molecule has 0 spiro atoms. The Morgan fingerprint density at radius 1 is 1.47 bits per heavy atom. The van der Waals surface area contributed by atoms with Crippen molar-refractivity contribution in [1.29, 1.82) is 0 Å². The molecule has 0 heterocycles. The molecule has 4 nitrogen and oxygen atoms in total. The largest absolute Gasteiger partial charge is 0.492 e. The predicted molar refractivity (Wildman–Crippen MR) is 57.2 cm³/mol. The molecular formula is C9H11ClO4S. The van der Waals surface area contributed by atoms with Crippen molar-refractivity contribution in [2.24, 2.45) is 0 Å². The molecule has 0 atom stereocenters. The van der Waals surface area contributed by atoms with Crippen LogP contribution < -0.4 is 4.74 Å². The second-order valence-electron chi connectivity index (χ2n) is 2.94. The molecule has 0 saturated carbocycles. The summed E-state index contributed by atoms with van der Waals surface area (Å²) in [6, 6.07) is 4.46. The summed E-state index contributed by atoms with van der Waals surface area (Å²) in [5.74, 6) is 0.684. The van der Waals surface area contributed by atoms with Crippen LogP contribution in [0.1, 0.15) is 5.56 Å². The summed E-state index contributed by atoms with van der Waals surface area (Å²) in [5.41, 5.74) is 0.468. The number of benzene rings is 1. The van der Waals surface area contributed by atoms with Crippen molar-refractivity contribution in [2.45, 2.75) is 11.8 Å². The molecule has 15 heavy (non-hydrogen) atoms. The molecule has 1 N–H and O–H groups in total. The maximum atomic E-state index is 11.0. The Morgan fingerprint density at radius 2 is 2.13 bits per heavy atom. The first-order valence-electron chi connectivity index (χ1n) is 4.22. The van der Waals surface area contributed by atoms with E-state index in [-0.39, 0.29) is 11.5 Å². The van der Waals surface area contributed by atoms with Gasteiger partial charge in [-0.3, -0.25) is 4.55 Å². The smallest absolute Gasteiger partial charge is 0.294 e. The second kappa shape index (κ2) is 4.83. The first kappa shape index (κ1) is 12.3. The van der Waals surface area contributed by atoms with Crippen molar-refractivity contribution in [1.82, 2.24) is 0 Å². The average molecular weight is 251 g/mol. The monoisotopic (exact) mass is 250 g/mol. The molecule has 0 aliphatic heterocycles. The zero-order valence-electron chi connectivity index (χ0n) is 8.10. The predicted octanol–water partition coefficient (Wildman–Crippen LogP) is 1.86. The first-order valence-corrected chi connectivity index (χ1v) is 6.19. The fraction of sp³-hybridized carbons (Fsp3) is 0.333. The van der Waals surface area contributed by atoms with E-state index >= 15 is 0 Å². The fourth-order valence-corrected chi connectivity index (χ4v) is 1.92. The minimum Gasteiger partial charge on any atom is -0.492 e. The van der Waals surface area contributed by atoms with Crippen LogP contribution in [0.25, 0.3) is 0 Å². The Kier molecular flexibility index (Phi) is 3.96. The lowest BCUT2D eigenvalue weighted by molar-refractivity contribution is 0.341. The number of halogens is 1. The summed E-state index contributed by atoms with van der Waals surface area (Å²) in [5, 5.41) is 0. The van der Waals surface area contributed by atoms with E-state index in [0.717, 1.165) is 0 Å². The van der Waals surface area contributed by atoms with Gasteiger partial charge in [0.25, 0.3) is 10.1 Å². The van der Waals surface area contributed by atoms with Crippen molar-refractivity contribution in [3.63, 3.8) is 0 Å². The third-order valence-corrected chi connectivity index (χ3v) is 2.93. The topological polar surface area (TPSA) is 63.6 Å². The Balaban J connectivity index is 3.06. The summed E-state index contributed by atoms with van der Waals surface area (Å²) >= 11 is 5.42. The van der Waals surface area contributed by atoms with Gasteiger partial charge in [0, 0.05) is 6.07 Å². The summed E-state index contributed by atoms with van der Waals surface area (Å²) in [6.45, 7) is 1.88. The SMILES string of the molecule is Cc1ccc(OCCCl)cc1S(=O)(=O)O. The lowest BCUT2D eigenvalue weighted by Crippen LogP contribution is -2.03. The van der Waals surface area contributed by atoms with E-state index in [4.69, 9.17) is 20.9 Å². The van der Waals surface area contributed by atoms with Crippen molar-refractivity contribution < 1.29 is 17.7 Å². The second-order valence-corrected chi connectivity index (χ2v) is 4.71. The van der Waals surface area contributed by atoms with Crippen molar-refractivity contribution in [3.05, 3.63) is 23.8 Å². The number of aryl methyl sites for hydroxylation is 1. The average Bonchev–Trinajstić information content (AvgIpc) is 2.15. The normalized spacial score (nSPS) is 11.4. The number of alkyl halides is 1. The zero-order valence-corrected chi connectivity index (χ0v) is 9.68. The molecule has 6 heteroatoms. The molecule has 0 saturated heterocycles. The van der Waals surface area contributed by atoms with Crippen LogP contribution in [0.5, 0.6) is 5.75 Å². The van der Waals surface area contributed by atoms with E-state index in [1.165, 1.54) is 6.07 Å². The van der Waals surface area contributed by atoms with Crippen LogP contribution in [0.4, 0.5) is 0 Å². The van der Waals surface area contributed by atoms with Crippen molar-refractivity contribution >= 4 is 21.7 Å². The fourth-order valence-electron chi connectivity index (χ4n) is 1.10. The van der Waals surface area contributed by atoms with Crippen molar-refractivity contribution in [2.75, 3.05) is 12.5 Å². The molecule has 0 bridgehead atoms. The maximum absolute atomic E-state index is 11.0. The highest BCUT2D eigenvalue weighted by molar-refractivity contribution is 7.85. The van der Waals surface area contributed by atoms with Crippen LogP contribution in [-0.4, -0.2) is 25.5 Å². The number of hydrogen-bond donors (Lipinski definition) is 1. The van der Waals surface area contributed by atoms with Gasteiger partial charge in [0.2, 0.25) is 0 Å².